The predicted molar refractivity (Wildman–Crippen MR) is 72.1 cm³/mol. The Morgan fingerprint density at radius 3 is 2.63 bits per heavy atom. The zero-order valence-electron chi connectivity index (χ0n) is 10.2. The first-order valence-electron chi connectivity index (χ1n) is 5.48. The minimum absolute atomic E-state index is 0.117. The monoisotopic (exact) mass is 297 g/mol. The largest absolute Gasteiger partial charge is 0.260 e. The Labute approximate surface area is 116 Å². The van der Waals surface area contributed by atoms with Crippen molar-refractivity contribution < 1.29 is 8.42 Å². The van der Waals surface area contributed by atoms with E-state index in [1.165, 1.54) is 29.7 Å². The van der Waals surface area contributed by atoms with Gasteiger partial charge in [-0.1, -0.05) is 17.7 Å². The highest BCUT2D eigenvalue weighted by atomic mass is 35.5. The fraction of sp³-hybridized carbons (Fsp3) is 0.167. The average Bonchev–Trinajstić information content (AvgIpc) is 2.40. The van der Waals surface area contributed by atoms with Crippen LogP contribution >= 0.6 is 11.6 Å². The Hall–Kier alpha value is -1.50. The quantitative estimate of drug-likeness (QED) is 0.809. The summed E-state index contributed by atoms with van der Waals surface area (Å²) in [5, 5.41) is 0.146. The number of hydrogen-bond donors (Lipinski definition) is 0. The maximum atomic E-state index is 12.3. The third kappa shape index (κ3) is 3.28. The van der Waals surface area contributed by atoms with Gasteiger partial charge in [-0.05, 0) is 24.3 Å². The number of halogens is 1. The zero-order valence-corrected chi connectivity index (χ0v) is 11.8. The maximum absolute atomic E-state index is 12.3. The molecule has 2 aromatic heterocycles. The number of nitrogens with zero attached hydrogens (tertiary/aromatic N) is 3. The Morgan fingerprint density at radius 1 is 1.21 bits per heavy atom. The fourth-order valence-corrected chi connectivity index (χ4v) is 2.92. The van der Waals surface area contributed by atoms with Gasteiger partial charge in [0.05, 0.1) is 17.1 Å². The highest BCUT2D eigenvalue weighted by Crippen LogP contribution is 2.18. The molecule has 0 aliphatic heterocycles. The molecule has 0 bridgehead atoms. The maximum Gasteiger partial charge on any atom is 0.243 e. The molecule has 0 amide bonds. The summed E-state index contributed by atoms with van der Waals surface area (Å²) in [4.78, 5) is 7.98. The molecule has 100 valence electrons. The molecule has 7 heteroatoms. The van der Waals surface area contributed by atoms with E-state index in [1.807, 2.05) is 6.07 Å². The number of aromatic nitrogens is 2. The molecular formula is C12H12ClN3O2S. The van der Waals surface area contributed by atoms with Crippen LogP contribution in [0, 0.1) is 0 Å². The molecule has 19 heavy (non-hydrogen) atoms. The summed E-state index contributed by atoms with van der Waals surface area (Å²) in [6.07, 6.45) is 2.99. The fourth-order valence-electron chi connectivity index (χ4n) is 1.53. The van der Waals surface area contributed by atoms with Crippen molar-refractivity contribution in [1.82, 2.24) is 14.3 Å². The lowest BCUT2D eigenvalue weighted by molar-refractivity contribution is 0.462. The van der Waals surface area contributed by atoms with Crippen molar-refractivity contribution >= 4 is 21.6 Å². The molecule has 2 rings (SSSR count). The van der Waals surface area contributed by atoms with E-state index in [0.717, 1.165) is 0 Å². The molecule has 0 spiro atoms. The first-order chi connectivity index (χ1) is 9.00. The van der Waals surface area contributed by atoms with Crippen molar-refractivity contribution in [3.63, 3.8) is 0 Å². The summed E-state index contributed by atoms with van der Waals surface area (Å²) in [5.74, 6) is 0. The Morgan fingerprint density at radius 2 is 2.00 bits per heavy atom. The van der Waals surface area contributed by atoms with Gasteiger partial charge in [0.15, 0.2) is 0 Å². The van der Waals surface area contributed by atoms with Gasteiger partial charge in [0.25, 0.3) is 0 Å². The van der Waals surface area contributed by atoms with Crippen LogP contribution < -0.4 is 0 Å². The van der Waals surface area contributed by atoms with Gasteiger partial charge in [0, 0.05) is 19.4 Å². The second-order valence-corrected chi connectivity index (χ2v) is 6.33. The van der Waals surface area contributed by atoms with Crippen LogP contribution in [-0.2, 0) is 16.6 Å². The highest BCUT2D eigenvalue weighted by molar-refractivity contribution is 7.89. The van der Waals surface area contributed by atoms with Gasteiger partial charge in [-0.3, -0.25) is 4.98 Å². The summed E-state index contributed by atoms with van der Waals surface area (Å²) in [6, 6.07) is 8.10. The molecule has 0 fully saturated rings. The summed E-state index contributed by atoms with van der Waals surface area (Å²) in [6.45, 7) is 0.198. The van der Waals surface area contributed by atoms with E-state index in [-0.39, 0.29) is 16.6 Å². The van der Waals surface area contributed by atoms with Crippen molar-refractivity contribution in [2.24, 2.45) is 0 Å². The van der Waals surface area contributed by atoms with Gasteiger partial charge in [-0.15, -0.1) is 0 Å². The Kier molecular flexibility index (Phi) is 4.14. The molecule has 0 aliphatic carbocycles. The molecule has 0 N–H and O–H groups in total. The lowest BCUT2D eigenvalue weighted by Crippen LogP contribution is -2.26. The molecule has 0 atom stereocenters. The van der Waals surface area contributed by atoms with Crippen LogP contribution in [0.15, 0.2) is 47.6 Å². The van der Waals surface area contributed by atoms with Crippen LogP contribution in [0.4, 0.5) is 0 Å². The van der Waals surface area contributed by atoms with Crippen LogP contribution in [0.25, 0.3) is 0 Å². The van der Waals surface area contributed by atoms with E-state index >= 15 is 0 Å². The van der Waals surface area contributed by atoms with Crippen LogP contribution in [0.1, 0.15) is 5.69 Å². The summed E-state index contributed by atoms with van der Waals surface area (Å²) in [7, 11) is -2.09. The van der Waals surface area contributed by atoms with E-state index in [2.05, 4.69) is 9.97 Å². The van der Waals surface area contributed by atoms with Gasteiger partial charge in [0.2, 0.25) is 10.0 Å². The van der Waals surface area contributed by atoms with Gasteiger partial charge in [-0.25, -0.2) is 13.4 Å². The highest BCUT2D eigenvalue weighted by Gasteiger charge is 2.21. The lowest BCUT2D eigenvalue weighted by Gasteiger charge is -2.16. The van der Waals surface area contributed by atoms with Crippen molar-refractivity contribution in [3.05, 3.63) is 53.6 Å². The summed E-state index contributed by atoms with van der Waals surface area (Å²) >= 11 is 5.71. The molecule has 0 radical (unpaired) electrons. The molecule has 0 saturated heterocycles. The van der Waals surface area contributed by atoms with Crippen LogP contribution in [-0.4, -0.2) is 29.7 Å². The average molecular weight is 298 g/mol. The predicted octanol–water partition coefficient (Wildman–Crippen LogP) is 1.95. The van der Waals surface area contributed by atoms with Crippen LogP contribution in [0.2, 0.25) is 5.15 Å². The third-order valence-corrected chi connectivity index (χ3v) is 4.52. The minimum Gasteiger partial charge on any atom is -0.260 e. The van der Waals surface area contributed by atoms with Gasteiger partial charge < -0.3 is 0 Å². The molecule has 0 aromatic carbocycles. The van der Waals surface area contributed by atoms with Crippen LogP contribution in [0.5, 0.6) is 0 Å². The number of hydrogen-bond acceptors (Lipinski definition) is 4. The Bertz CT molecular complexity index is 662. The molecule has 5 nitrogen and oxygen atoms in total. The van der Waals surface area contributed by atoms with Gasteiger partial charge >= 0.3 is 0 Å². The zero-order chi connectivity index (χ0) is 13.9. The number of pyridine rings is 2. The topological polar surface area (TPSA) is 63.2 Å². The molecule has 0 unspecified atom stereocenters. The van der Waals surface area contributed by atoms with E-state index in [4.69, 9.17) is 11.6 Å². The normalized spacial score (nSPS) is 11.7. The first-order valence-corrected chi connectivity index (χ1v) is 7.30. The first kappa shape index (κ1) is 13.9. The smallest absolute Gasteiger partial charge is 0.243 e. The second-order valence-electron chi connectivity index (χ2n) is 3.90. The summed E-state index contributed by atoms with van der Waals surface area (Å²) < 4.78 is 25.8. The van der Waals surface area contributed by atoms with Gasteiger partial charge in [-0.2, -0.15) is 4.31 Å². The minimum atomic E-state index is -3.59. The lowest BCUT2D eigenvalue weighted by atomic mass is 10.3. The van der Waals surface area contributed by atoms with E-state index in [1.54, 1.807) is 18.3 Å². The van der Waals surface area contributed by atoms with Crippen molar-refractivity contribution in [1.29, 1.82) is 0 Å². The molecule has 2 aromatic rings. The van der Waals surface area contributed by atoms with E-state index < -0.39 is 10.0 Å². The van der Waals surface area contributed by atoms with E-state index in [9.17, 15) is 8.42 Å². The summed E-state index contributed by atoms with van der Waals surface area (Å²) in [5.41, 5.74) is 0.675. The number of sulfonamides is 1. The van der Waals surface area contributed by atoms with Crippen molar-refractivity contribution in [2.45, 2.75) is 11.4 Å². The van der Waals surface area contributed by atoms with Crippen molar-refractivity contribution in [2.75, 3.05) is 7.05 Å². The standard InChI is InChI=1S/C12H12ClN3O2S/c1-16(9-10-4-2-3-6-14-10)19(17,18)11-5-7-15-12(13)8-11/h2-8H,9H2,1H3. The second kappa shape index (κ2) is 5.64. The van der Waals surface area contributed by atoms with Crippen molar-refractivity contribution in [3.8, 4) is 0 Å². The number of rotatable bonds is 4. The molecule has 0 saturated carbocycles. The molecule has 2 heterocycles. The SMILES string of the molecule is CN(Cc1ccccn1)S(=O)(=O)c1ccnc(Cl)c1. The van der Waals surface area contributed by atoms with E-state index in [0.29, 0.717) is 5.69 Å². The Balaban J connectivity index is 2.25. The van der Waals surface area contributed by atoms with Crippen LogP contribution in [0.3, 0.4) is 0 Å². The molecular weight excluding hydrogens is 286 g/mol. The van der Waals surface area contributed by atoms with Gasteiger partial charge in [0.1, 0.15) is 5.15 Å². The third-order valence-electron chi connectivity index (χ3n) is 2.52. The molecule has 0 aliphatic rings.